The Balaban J connectivity index is 1.91. The Morgan fingerprint density at radius 3 is 2.83 bits per heavy atom. The molecule has 2 aliphatic rings. The quantitative estimate of drug-likeness (QED) is 0.588. The van der Waals surface area contributed by atoms with Crippen LogP contribution in [0, 0.1) is 5.92 Å². The van der Waals surface area contributed by atoms with E-state index in [9.17, 15) is 0 Å². The highest BCUT2D eigenvalue weighted by Gasteiger charge is 2.40. The predicted molar refractivity (Wildman–Crippen MR) is 75.6 cm³/mol. The van der Waals surface area contributed by atoms with Gasteiger partial charge in [-0.3, -0.25) is 11.3 Å². The minimum absolute atomic E-state index is 0.0765. The zero-order valence-corrected chi connectivity index (χ0v) is 12.1. The molecule has 106 valence electrons. The van der Waals surface area contributed by atoms with Gasteiger partial charge in [0.05, 0.1) is 5.60 Å². The molecular weight excluding hydrogens is 248 g/mol. The average Bonchev–Trinajstić information content (AvgIpc) is 2.41. The molecule has 2 atom stereocenters. The van der Waals surface area contributed by atoms with Crippen molar-refractivity contribution in [2.75, 3.05) is 31.3 Å². The molecule has 0 saturated carbocycles. The summed E-state index contributed by atoms with van der Waals surface area (Å²) in [6.07, 6.45) is 4.35. The van der Waals surface area contributed by atoms with E-state index in [-0.39, 0.29) is 5.60 Å². The van der Waals surface area contributed by atoms with Gasteiger partial charge in [-0.05, 0) is 37.4 Å². The van der Waals surface area contributed by atoms with Crippen molar-refractivity contribution in [3.63, 3.8) is 0 Å². The van der Waals surface area contributed by atoms with Crippen molar-refractivity contribution in [1.82, 2.24) is 5.43 Å². The summed E-state index contributed by atoms with van der Waals surface area (Å²) >= 11 is 1.96. The molecule has 2 unspecified atom stereocenters. The van der Waals surface area contributed by atoms with Crippen LogP contribution < -0.4 is 11.3 Å². The minimum Gasteiger partial charge on any atom is -0.381 e. The number of hydrazine groups is 1. The summed E-state index contributed by atoms with van der Waals surface area (Å²) in [7, 11) is 0. The van der Waals surface area contributed by atoms with E-state index in [1.54, 1.807) is 0 Å². The first-order valence-electron chi connectivity index (χ1n) is 7.05. The van der Waals surface area contributed by atoms with Crippen molar-refractivity contribution < 1.29 is 9.47 Å². The second-order valence-electron chi connectivity index (χ2n) is 5.33. The van der Waals surface area contributed by atoms with Gasteiger partial charge < -0.3 is 9.47 Å². The van der Waals surface area contributed by atoms with Gasteiger partial charge in [0.2, 0.25) is 0 Å². The fourth-order valence-corrected chi connectivity index (χ4v) is 3.92. The molecule has 2 heterocycles. The van der Waals surface area contributed by atoms with Crippen LogP contribution >= 0.6 is 11.8 Å². The topological polar surface area (TPSA) is 56.5 Å². The first-order chi connectivity index (χ1) is 8.79. The van der Waals surface area contributed by atoms with Gasteiger partial charge in [-0.15, -0.1) is 0 Å². The minimum atomic E-state index is 0.0765. The van der Waals surface area contributed by atoms with E-state index in [0.29, 0.717) is 12.0 Å². The van der Waals surface area contributed by atoms with Crippen LogP contribution in [0.5, 0.6) is 0 Å². The van der Waals surface area contributed by atoms with Gasteiger partial charge in [0.15, 0.2) is 0 Å². The molecule has 5 heteroatoms. The normalized spacial score (nSPS) is 29.3. The van der Waals surface area contributed by atoms with Crippen LogP contribution in [-0.4, -0.2) is 43.0 Å². The Hall–Kier alpha value is 0.190. The molecule has 0 aromatic rings. The van der Waals surface area contributed by atoms with Crippen LogP contribution in [-0.2, 0) is 9.47 Å². The van der Waals surface area contributed by atoms with Crippen LogP contribution in [0.1, 0.15) is 32.6 Å². The van der Waals surface area contributed by atoms with Gasteiger partial charge in [-0.2, -0.15) is 11.8 Å². The standard InChI is InChI=1S/C13H26N2O2S/c1-2-18-10-12(15-14)11-3-6-17-13(9-11)4-7-16-8-5-13/h11-12,15H,2-10,14H2,1H3. The van der Waals surface area contributed by atoms with Crippen LogP contribution in [0.25, 0.3) is 0 Å². The Kier molecular flexibility index (Phi) is 5.76. The van der Waals surface area contributed by atoms with Crippen LogP contribution in [0.4, 0.5) is 0 Å². The molecule has 2 saturated heterocycles. The van der Waals surface area contributed by atoms with Crippen molar-refractivity contribution in [1.29, 1.82) is 0 Å². The average molecular weight is 274 g/mol. The van der Waals surface area contributed by atoms with E-state index in [2.05, 4.69) is 12.3 Å². The van der Waals surface area contributed by atoms with Crippen molar-refractivity contribution in [3.05, 3.63) is 0 Å². The molecule has 2 rings (SSSR count). The summed E-state index contributed by atoms with van der Waals surface area (Å²) in [5, 5.41) is 0. The van der Waals surface area contributed by atoms with E-state index in [0.717, 1.165) is 57.0 Å². The maximum atomic E-state index is 6.08. The lowest BCUT2D eigenvalue weighted by Gasteiger charge is -2.45. The highest BCUT2D eigenvalue weighted by atomic mass is 32.2. The fraction of sp³-hybridized carbons (Fsp3) is 1.00. The van der Waals surface area contributed by atoms with Crippen LogP contribution in [0.3, 0.4) is 0 Å². The predicted octanol–water partition coefficient (Wildman–Crippen LogP) is 1.55. The molecule has 2 aliphatic heterocycles. The molecule has 0 aromatic heterocycles. The van der Waals surface area contributed by atoms with Gasteiger partial charge in [0.25, 0.3) is 0 Å². The highest BCUT2D eigenvalue weighted by molar-refractivity contribution is 7.99. The van der Waals surface area contributed by atoms with E-state index in [4.69, 9.17) is 15.3 Å². The summed E-state index contributed by atoms with van der Waals surface area (Å²) < 4.78 is 11.5. The number of nitrogens with two attached hydrogens (primary N) is 1. The van der Waals surface area contributed by atoms with Crippen LogP contribution in [0.15, 0.2) is 0 Å². The largest absolute Gasteiger partial charge is 0.381 e. The SMILES string of the molecule is CCSCC(NN)C1CCOC2(CCOCC2)C1. The molecule has 1 spiro atoms. The Morgan fingerprint density at radius 2 is 2.17 bits per heavy atom. The highest BCUT2D eigenvalue weighted by Crippen LogP contribution is 2.38. The van der Waals surface area contributed by atoms with E-state index in [1.807, 2.05) is 11.8 Å². The van der Waals surface area contributed by atoms with Gasteiger partial charge >= 0.3 is 0 Å². The fourth-order valence-electron chi connectivity index (χ4n) is 3.07. The lowest BCUT2D eigenvalue weighted by molar-refractivity contribution is -0.149. The molecule has 0 aliphatic carbocycles. The summed E-state index contributed by atoms with van der Waals surface area (Å²) in [6, 6.07) is 0.415. The molecule has 0 amide bonds. The summed E-state index contributed by atoms with van der Waals surface area (Å²) in [6.45, 7) is 4.76. The van der Waals surface area contributed by atoms with Crippen molar-refractivity contribution in [3.8, 4) is 0 Å². The van der Waals surface area contributed by atoms with Crippen LogP contribution in [0.2, 0.25) is 0 Å². The first-order valence-corrected chi connectivity index (χ1v) is 8.21. The van der Waals surface area contributed by atoms with E-state index >= 15 is 0 Å². The maximum Gasteiger partial charge on any atom is 0.0729 e. The molecule has 2 fully saturated rings. The zero-order chi connectivity index (χ0) is 12.8. The lowest BCUT2D eigenvalue weighted by Crippen LogP contribution is -2.51. The second kappa shape index (κ2) is 7.10. The van der Waals surface area contributed by atoms with Gasteiger partial charge in [-0.1, -0.05) is 6.92 Å². The monoisotopic (exact) mass is 274 g/mol. The van der Waals surface area contributed by atoms with Gasteiger partial charge in [-0.25, -0.2) is 0 Å². The number of rotatable bonds is 5. The van der Waals surface area contributed by atoms with E-state index < -0.39 is 0 Å². The Bertz CT molecular complexity index is 242. The maximum absolute atomic E-state index is 6.08. The number of thioether (sulfide) groups is 1. The van der Waals surface area contributed by atoms with E-state index in [1.165, 1.54) is 0 Å². The molecule has 3 N–H and O–H groups in total. The number of hydrogen-bond acceptors (Lipinski definition) is 5. The molecule has 18 heavy (non-hydrogen) atoms. The second-order valence-corrected chi connectivity index (χ2v) is 6.65. The Morgan fingerprint density at radius 1 is 1.39 bits per heavy atom. The molecule has 4 nitrogen and oxygen atoms in total. The molecule has 0 radical (unpaired) electrons. The van der Waals surface area contributed by atoms with Crippen molar-refractivity contribution in [2.45, 2.75) is 44.2 Å². The summed E-state index contributed by atoms with van der Waals surface area (Å²) in [5.74, 6) is 8.63. The van der Waals surface area contributed by atoms with Gasteiger partial charge in [0.1, 0.15) is 0 Å². The van der Waals surface area contributed by atoms with Gasteiger partial charge in [0, 0.05) is 31.6 Å². The molecular formula is C13H26N2O2S. The Labute approximate surface area is 114 Å². The summed E-state index contributed by atoms with van der Waals surface area (Å²) in [5.41, 5.74) is 3.10. The first kappa shape index (κ1) is 14.6. The number of nitrogens with one attached hydrogen (secondary N) is 1. The van der Waals surface area contributed by atoms with Crippen molar-refractivity contribution in [2.24, 2.45) is 11.8 Å². The molecule has 0 aromatic carbocycles. The molecule has 0 bridgehead atoms. The third-order valence-corrected chi connectivity index (χ3v) is 5.22. The smallest absolute Gasteiger partial charge is 0.0729 e. The number of hydrogen-bond donors (Lipinski definition) is 2. The zero-order valence-electron chi connectivity index (χ0n) is 11.3. The summed E-state index contributed by atoms with van der Waals surface area (Å²) in [4.78, 5) is 0. The third-order valence-electron chi connectivity index (χ3n) is 4.22. The third kappa shape index (κ3) is 3.61. The lowest BCUT2D eigenvalue weighted by atomic mass is 9.78. The number of ether oxygens (including phenoxy) is 2. The van der Waals surface area contributed by atoms with Crippen molar-refractivity contribution >= 4 is 11.8 Å².